The summed E-state index contributed by atoms with van der Waals surface area (Å²) >= 11 is 1.41. The molecule has 0 aliphatic rings. The summed E-state index contributed by atoms with van der Waals surface area (Å²) in [5.74, 6) is 0. The highest BCUT2D eigenvalue weighted by Gasteiger charge is 2.21. The summed E-state index contributed by atoms with van der Waals surface area (Å²) in [4.78, 5) is 13.4. The number of rotatable bonds is 7. The molecule has 0 aliphatic carbocycles. The second-order valence-electron chi connectivity index (χ2n) is 6.02. The SMILES string of the molecule is O=C(NCC(O)C(O)c1ccc(-c2ccccc2)s1)OCc1ccccc1. The van der Waals surface area contributed by atoms with Crippen LogP contribution in [-0.4, -0.2) is 29.0 Å². The summed E-state index contributed by atoms with van der Waals surface area (Å²) in [7, 11) is 0. The zero-order valence-corrected chi connectivity index (χ0v) is 15.4. The van der Waals surface area contributed by atoms with Crippen molar-refractivity contribution in [3.05, 3.63) is 83.2 Å². The summed E-state index contributed by atoms with van der Waals surface area (Å²) in [5.41, 5.74) is 1.93. The van der Waals surface area contributed by atoms with Gasteiger partial charge in [-0.2, -0.15) is 0 Å². The zero-order valence-electron chi connectivity index (χ0n) is 14.6. The number of thiophene rings is 1. The molecule has 0 aliphatic heterocycles. The zero-order chi connectivity index (χ0) is 19.1. The second kappa shape index (κ2) is 9.32. The summed E-state index contributed by atoms with van der Waals surface area (Å²) in [6.07, 6.45) is -2.85. The molecule has 6 heteroatoms. The van der Waals surface area contributed by atoms with Gasteiger partial charge in [0.15, 0.2) is 0 Å². The van der Waals surface area contributed by atoms with Gasteiger partial charge in [0.25, 0.3) is 0 Å². The first-order valence-corrected chi connectivity index (χ1v) is 9.41. The maximum Gasteiger partial charge on any atom is 0.407 e. The number of aliphatic hydroxyl groups excluding tert-OH is 2. The van der Waals surface area contributed by atoms with E-state index in [9.17, 15) is 15.0 Å². The van der Waals surface area contributed by atoms with Gasteiger partial charge in [-0.05, 0) is 23.3 Å². The van der Waals surface area contributed by atoms with Crippen LogP contribution in [0.1, 0.15) is 16.5 Å². The van der Waals surface area contributed by atoms with Crippen LogP contribution in [0.4, 0.5) is 4.79 Å². The molecule has 2 aromatic carbocycles. The van der Waals surface area contributed by atoms with Crippen LogP contribution in [0.15, 0.2) is 72.8 Å². The first kappa shape index (κ1) is 19.1. The lowest BCUT2D eigenvalue weighted by molar-refractivity contribution is 0.0205. The molecule has 0 spiro atoms. The largest absolute Gasteiger partial charge is 0.445 e. The average Bonchev–Trinajstić information content (AvgIpc) is 3.21. The Morgan fingerprint density at radius 1 is 0.963 bits per heavy atom. The van der Waals surface area contributed by atoms with E-state index in [0.29, 0.717) is 4.88 Å². The number of hydrogen-bond donors (Lipinski definition) is 3. The molecular weight excluding hydrogens is 362 g/mol. The van der Waals surface area contributed by atoms with Crippen molar-refractivity contribution in [1.29, 1.82) is 0 Å². The van der Waals surface area contributed by atoms with Crippen molar-refractivity contribution in [1.82, 2.24) is 5.32 Å². The highest BCUT2D eigenvalue weighted by Crippen LogP contribution is 2.32. The molecule has 2 atom stereocenters. The quantitative estimate of drug-likeness (QED) is 0.581. The van der Waals surface area contributed by atoms with Crippen LogP contribution in [-0.2, 0) is 11.3 Å². The van der Waals surface area contributed by atoms with Crippen molar-refractivity contribution >= 4 is 17.4 Å². The Balaban J connectivity index is 1.48. The van der Waals surface area contributed by atoms with E-state index in [1.807, 2.05) is 66.7 Å². The lowest BCUT2D eigenvalue weighted by Gasteiger charge is -2.17. The Morgan fingerprint density at radius 3 is 2.33 bits per heavy atom. The van der Waals surface area contributed by atoms with Gasteiger partial charge in [0.05, 0.1) is 0 Å². The first-order chi connectivity index (χ1) is 13.1. The van der Waals surface area contributed by atoms with Crippen LogP contribution in [0.25, 0.3) is 10.4 Å². The number of benzene rings is 2. The lowest BCUT2D eigenvalue weighted by atomic mass is 10.1. The molecule has 0 radical (unpaired) electrons. The fourth-order valence-electron chi connectivity index (χ4n) is 2.53. The maximum absolute atomic E-state index is 11.7. The highest BCUT2D eigenvalue weighted by atomic mass is 32.1. The van der Waals surface area contributed by atoms with Crippen LogP contribution < -0.4 is 5.32 Å². The highest BCUT2D eigenvalue weighted by molar-refractivity contribution is 7.15. The molecule has 27 heavy (non-hydrogen) atoms. The average molecular weight is 383 g/mol. The van der Waals surface area contributed by atoms with Crippen LogP contribution >= 0.6 is 11.3 Å². The van der Waals surface area contributed by atoms with Crippen molar-refractivity contribution < 1.29 is 19.7 Å². The summed E-state index contributed by atoms with van der Waals surface area (Å²) in [6, 6.07) is 22.8. The molecule has 2 unspecified atom stereocenters. The third-order valence-corrected chi connectivity index (χ3v) is 5.21. The molecular formula is C21H21NO4S. The van der Waals surface area contributed by atoms with E-state index in [4.69, 9.17) is 4.74 Å². The molecule has 3 N–H and O–H groups in total. The summed E-state index contributed by atoms with van der Waals surface area (Å²) in [5, 5.41) is 23.0. The van der Waals surface area contributed by atoms with Gasteiger partial charge in [-0.25, -0.2) is 4.79 Å². The number of aliphatic hydroxyl groups is 2. The molecule has 0 saturated heterocycles. The molecule has 1 amide bonds. The second-order valence-corrected chi connectivity index (χ2v) is 7.14. The third-order valence-electron chi connectivity index (χ3n) is 4.01. The number of nitrogens with one attached hydrogen (secondary N) is 1. The smallest absolute Gasteiger partial charge is 0.407 e. The topological polar surface area (TPSA) is 78.8 Å². The fraction of sp³-hybridized carbons (Fsp3) is 0.190. The van der Waals surface area contributed by atoms with Crippen molar-refractivity contribution in [2.75, 3.05) is 6.54 Å². The first-order valence-electron chi connectivity index (χ1n) is 8.59. The number of hydrogen-bond acceptors (Lipinski definition) is 5. The Bertz CT molecular complexity index is 851. The molecule has 0 fully saturated rings. The van der Waals surface area contributed by atoms with E-state index >= 15 is 0 Å². The molecule has 0 bridgehead atoms. The van der Waals surface area contributed by atoms with Gasteiger partial charge in [-0.1, -0.05) is 60.7 Å². The maximum atomic E-state index is 11.7. The molecule has 5 nitrogen and oxygen atoms in total. The monoisotopic (exact) mass is 383 g/mol. The van der Waals surface area contributed by atoms with Gasteiger partial charge in [-0.15, -0.1) is 11.3 Å². The van der Waals surface area contributed by atoms with Crippen LogP contribution in [0.2, 0.25) is 0 Å². The van der Waals surface area contributed by atoms with Gasteiger partial charge < -0.3 is 20.3 Å². The van der Waals surface area contributed by atoms with Crippen LogP contribution in [0.3, 0.4) is 0 Å². The molecule has 140 valence electrons. The molecule has 3 rings (SSSR count). The molecule has 3 aromatic rings. The van der Waals surface area contributed by atoms with E-state index in [1.54, 1.807) is 6.07 Å². The van der Waals surface area contributed by atoms with Crippen molar-refractivity contribution in [2.24, 2.45) is 0 Å². The minimum absolute atomic E-state index is 0.104. The van der Waals surface area contributed by atoms with Gasteiger partial charge in [0.2, 0.25) is 0 Å². The number of ether oxygens (including phenoxy) is 1. The molecule has 1 aromatic heterocycles. The minimum atomic E-state index is -1.13. The predicted octanol–water partition coefficient (Wildman–Crippen LogP) is 3.74. The Hall–Kier alpha value is -2.67. The summed E-state index contributed by atoms with van der Waals surface area (Å²) < 4.78 is 5.09. The number of alkyl carbamates (subject to hydrolysis) is 1. The molecule has 1 heterocycles. The Kier molecular flexibility index (Phi) is 6.59. The van der Waals surface area contributed by atoms with E-state index in [2.05, 4.69) is 5.32 Å². The van der Waals surface area contributed by atoms with E-state index < -0.39 is 18.3 Å². The standard InChI is InChI=1S/C21H21NO4S/c23-17(13-22-21(25)26-14-15-7-3-1-4-8-15)20(24)19-12-11-18(27-19)16-9-5-2-6-10-16/h1-12,17,20,23-24H,13-14H2,(H,22,25). The Morgan fingerprint density at radius 2 is 1.63 bits per heavy atom. The van der Waals surface area contributed by atoms with Crippen LogP contribution in [0, 0.1) is 0 Å². The lowest BCUT2D eigenvalue weighted by Crippen LogP contribution is -2.35. The van der Waals surface area contributed by atoms with Crippen LogP contribution in [0.5, 0.6) is 0 Å². The van der Waals surface area contributed by atoms with Crippen molar-refractivity contribution in [2.45, 2.75) is 18.8 Å². The van der Waals surface area contributed by atoms with E-state index in [-0.39, 0.29) is 13.2 Å². The number of carbonyl (C=O) groups is 1. The third kappa shape index (κ3) is 5.40. The Labute approximate surface area is 161 Å². The molecule has 0 saturated carbocycles. The number of carbonyl (C=O) groups excluding carboxylic acids is 1. The normalized spacial score (nSPS) is 13.0. The fourth-order valence-corrected chi connectivity index (χ4v) is 3.59. The van der Waals surface area contributed by atoms with Gasteiger partial charge in [-0.3, -0.25) is 0 Å². The van der Waals surface area contributed by atoms with E-state index in [0.717, 1.165) is 16.0 Å². The van der Waals surface area contributed by atoms with E-state index in [1.165, 1.54) is 11.3 Å². The number of amides is 1. The van der Waals surface area contributed by atoms with Gasteiger partial charge in [0, 0.05) is 16.3 Å². The van der Waals surface area contributed by atoms with Gasteiger partial charge in [0.1, 0.15) is 18.8 Å². The summed E-state index contributed by atoms with van der Waals surface area (Å²) in [6.45, 7) is 0.0457. The predicted molar refractivity (Wildman–Crippen MR) is 105 cm³/mol. The van der Waals surface area contributed by atoms with Crippen molar-refractivity contribution in [3.63, 3.8) is 0 Å². The van der Waals surface area contributed by atoms with Crippen molar-refractivity contribution in [3.8, 4) is 10.4 Å². The van der Waals surface area contributed by atoms with Gasteiger partial charge >= 0.3 is 6.09 Å². The minimum Gasteiger partial charge on any atom is -0.445 e.